The van der Waals surface area contributed by atoms with Gasteiger partial charge in [-0.1, -0.05) is 0 Å². The fourth-order valence-corrected chi connectivity index (χ4v) is 2.19. The van der Waals surface area contributed by atoms with E-state index in [1.807, 2.05) is 19.9 Å². The van der Waals surface area contributed by atoms with E-state index in [1.165, 1.54) is 0 Å². The van der Waals surface area contributed by atoms with Gasteiger partial charge in [0.1, 0.15) is 5.76 Å². The van der Waals surface area contributed by atoms with E-state index in [1.54, 1.807) is 0 Å². The Kier molecular flexibility index (Phi) is 2.94. The molecule has 3 rings (SSSR count). The number of amides is 1. The summed E-state index contributed by atoms with van der Waals surface area (Å²) in [7, 11) is 0. The highest BCUT2D eigenvalue weighted by Gasteiger charge is 2.24. The van der Waals surface area contributed by atoms with E-state index in [9.17, 15) is 4.79 Å². The number of furan rings is 1. The Morgan fingerprint density at radius 3 is 3.00 bits per heavy atom. The molecule has 0 aliphatic carbocycles. The lowest BCUT2D eigenvalue weighted by molar-refractivity contribution is -0.119. The normalized spacial score (nSPS) is 18.9. The smallest absolute Gasteiger partial charge is 0.233 e. The van der Waals surface area contributed by atoms with Crippen molar-refractivity contribution in [2.75, 3.05) is 18.5 Å². The summed E-state index contributed by atoms with van der Waals surface area (Å²) in [4.78, 5) is 20.5. The van der Waals surface area contributed by atoms with Crippen LogP contribution in [0.5, 0.6) is 0 Å². The van der Waals surface area contributed by atoms with E-state index in [-0.39, 0.29) is 17.8 Å². The molecule has 6 heteroatoms. The summed E-state index contributed by atoms with van der Waals surface area (Å²) >= 11 is 0. The summed E-state index contributed by atoms with van der Waals surface area (Å²) in [5.74, 6) is 0.855. The van der Waals surface area contributed by atoms with Crippen molar-refractivity contribution in [2.45, 2.75) is 20.3 Å². The minimum atomic E-state index is -0.113. The third-order valence-electron chi connectivity index (χ3n) is 3.24. The number of carbonyl (C=O) groups excluding carboxylic acids is 1. The quantitative estimate of drug-likeness (QED) is 0.892. The molecule has 2 aromatic rings. The topological polar surface area (TPSA) is 77.2 Å². The number of nitrogens with zero attached hydrogens (tertiary/aromatic N) is 2. The fraction of sp³-hybridized carbons (Fsp3) is 0.462. The van der Waals surface area contributed by atoms with Gasteiger partial charge in [-0.05, 0) is 26.3 Å². The van der Waals surface area contributed by atoms with Crippen LogP contribution in [0.2, 0.25) is 0 Å². The molecule has 1 N–H and O–H groups in total. The standard InChI is InChI=1S/C13H15N3O3/c1-7-5-10-8(2)14-13(16-12(10)19-7)15-11(17)9-3-4-18-6-9/h5,9H,3-4,6H2,1-2H3,(H,14,15,16,17). The molecule has 1 atom stereocenters. The van der Waals surface area contributed by atoms with Crippen molar-refractivity contribution in [1.82, 2.24) is 9.97 Å². The van der Waals surface area contributed by atoms with Crippen LogP contribution in [-0.2, 0) is 9.53 Å². The zero-order valence-corrected chi connectivity index (χ0v) is 10.9. The van der Waals surface area contributed by atoms with Crippen LogP contribution >= 0.6 is 0 Å². The molecule has 0 spiro atoms. The van der Waals surface area contributed by atoms with Crippen molar-refractivity contribution in [3.05, 3.63) is 17.5 Å². The Morgan fingerprint density at radius 2 is 2.26 bits per heavy atom. The molecule has 0 saturated carbocycles. The number of anilines is 1. The molecule has 0 bridgehead atoms. The van der Waals surface area contributed by atoms with Crippen LogP contribution in [0.4, 0.5) is 5.95 Å². The van der Waals surface area contributed by atoms with Gasteiger partial charge < -0.3 is 9.15 Å². The van der Waals surface area contributed by atoms with E-state index in [2.05, 4.69) is 15.3 Å². The van der Waals surface area contributed by atoms with Crippen LogP contribution in [0.3, 0.4) is 0 Å². The Balaban J connectivity index is 1.86. The van der Waals surface area contributed by atoms with Gasteiger partial charge in [-0.2, -0.15) is 4.98 Å². The number of hydrogen-bond acceptors (Lipinski definition) is 5. The van der Waals surface area contributed by atoms with Crippen molar-refractivity contribution in [3.63, 3.8) is 0 Å². The maximum absolute atomic E-state index is 12.0. The fourth-order valence-electron chi connectivity index (χ4n) is 2.19. The third kappa shape index (κ3) is 2.31. The summed E-state index contributed by atoms with van der Waals surface area (Å²) < 4.78 is 10.7. The Morgan fingerprint density at radius 1 is 1.42 bits per heavy atom. The van der Waals surface area contributed by atoms with E-state index >= 15 is 0 Å². The average Bonchev–Trinajstić information content (AvgIpc) is 2.97. The lowest BCUT2D eigenvalue weighted by atomic mass is 10.1. The number of ether oxygens (including phenoxy) is 1. The first-order valence-corrected chi connectivity index (χ1v) is 6.27. The van der Waals surface area contributed by atoms with Crippen LogP contribution in [0, 0.1) is 19.8 Å². The van der Waals surface area contributed by atoms with Crippen LogP contribution in [0.15, 0.2) is 10.5 Å². The molecule has 6 nitrogen and oxygen atoms in total. The Labute approximate surface area is 110 Å². The highest BCUT2D eigenvalue weighted by atomic mass is 16.5. The van der Waals surface area contributed by atoms with Gasteiger partial charge in [0, 0.05) is 6.61 Å². The van der Waals surface area contributed by atoms with Gasteiger partial charge in [-0.3, -0.25) is 10.1 Å². The van der Waals surface area contributed by atoms with E-state index in [4.69, 9.17) is 9.15 Å². The zero-order valence-electron chi connectivity index (χ0n) is 10.9. The molecule has 1 fully saturated rings. The summed E-state index contributed by atoms with van der Waals surface area (Å²) in [5, 5.41) is 3.60. The average molecular weight is 261 g/mol. The van der Waals surface area contributed by atoms with Crippen molar-refractivity contribution >= 4 is 23.0 Å². The molecule has 1 amide bonds. The van der Waals surface area contributed by atoms with E-state index in [0.717, 1.165) is 23.3 Å². The first kappa shape index (κ1) is 12.1. The summed E-state index contributed by atoms with van der Waals surface area (Å²) in [6.45, 7) is 4.82. The second-order valence-corrected chi connectivity index (χ2v) is 4.76. The number of nitrogens with one attached hydrogen (secondary N) is 1. The molecular weight excluding hydrogens is 246 g/mol. The minimum Gasteiger partial charge on any atom is -0.443 e. The highest BCUT2D eigenvalue weighted by Crippen LogP contribution is 2.21. The summed E-state index contributed by atoms with van der Waals surface area (Å²) in [6.07, 6.45) is 0.743. The molecule has 0 aromatic carbocycles. The first-order chi connectivity index (χ1) is 9.13. The van der Waals surface area contributed by atoms with Gasteiger partial charge in [0.05, 0.1) is 23.6 Å². The number of fused-ring (bicyclic) bond motifs is 1. The molecule has 1 aliphatic rings. The number of hydrogen-bond donors (Lipinski definition) is 1. The monoisotopic (exact) mass is 261 g/mol. The molecule has 1 saturated heterocycles. The SMILES string of the molecule is Cc1cc2c(C)nc(NC(=O)C3CCOC3)nc2o1. The molecule has 0 radical (unpaired) electrons. The summed E-state index contributed by atoms with van der Waals surface area (Å²) in [5.41, 5.74) is 1.29. The first-order valence-electron chi connectivity index (χ1n) is 6.27. The lowest BCUT2D eigenvalue weighted by Crippen LogP contribution is -2.24. The largest absolute Gasteiger partial charge is 0.443 e. The minimum absolute atomic E-state index is 0.0977. The van der Waals surface area contributed by atoms with Gasteiger partial charge >= 0.3 is 0 Å². The van der Waals surface area contributed by atoms with Crippen LogP contribution in [0.25, 0.3) is 11.1 Å². The maximum atomic E-state index is 12.0. The highest BCUT2D eigenvalue weighted by molar-refractivity contribution is 5.92. The van der Waals surface area contributed by atoms with Crippen molar-refractivity contribution < 1.29 is 13.9 Å². The molecule has 3 heterocycles. The van der Waals surface area contributed by atoms with Gasteiger partial charge in [0.15, 0.2) is 0 Å². The second kappa shape index (κ2) is 4.62. The summed E-state index contributed by atoms with van der Waals surface area (Å²) in [6, 6.07) is 1.89. The lowest BCUT2D eigenvalue weighted by Gasteiger charge is -2.08. The van der Waals surface area contributed by atoms with E-state index < -0.39 is 0 Å². The Hall–Kier alpha value is -1.95. The predicted octanol–water partition coefficient (Wildman–Crippen LogP) is 1.81. The number of aromatic nitrogens is 2. The Bertz CT molecular complexity index is 629. The number of aryl methyl sites for hydroxylation is 2. The van der Waals surface area contributed by atoms with Gasteiger partial charge in [0.25, 0.3) is 0 Å². The van der Waals surface area contributed by atoms with Crippen molar-refractivity contribution in [1.29, 1.82) is 0 Å². The molecule has 2 aromatic heterocycles. The van der Waals surface area contributed by atoms with E-state index in [0.29, 0.717) is 18.9 Å². The van der Waals surface area contributed by atoms with Gasteiger partial charge in [0.2, 0.25) is 17.6 Å². The van der Waals surface area contributed by atoms with Crippen LogP contribution < -0.4 is 5.32 Å². The number of carbonyl (C=O) groups is 1. The maximum Gasteiger partial charge on any atom is 0.233 e. The molecule has 1 aliphatic heterocycles. The van der Waals surface area contributed by atoms with Gasteiger partial charge in [-0.15, -0.1) is 0 Å². The zero-order chi connectivity index (χ0) is 13.4. The molecular formula is C13H15N3O3. The van der Waals surface area contributed by atoms with Gasteiger partial charge in [-0.25, -0.2) is 4.98 Å². The molecule has 100 valence electrons. The third-order valence-corrected chi connectivity index (χ3v) is 3.24. The molecule has 1 unspecified atom stereocenters. The number of rotatable bonds is 2. The predicted molar refractivity (Wildman–Crippen MR) is 68.8 cm³/mol. The van der Waals surface area contributed by atoms with Crippen LogP contribution in [0.1, 0.15) is 17.9 Å². The van der Waals surface area contributed by atoms with Crippen molar-refractivity contribution in [3.8, 4) is 0 Å². The molecule has 19 heavy (non-hydrogen) atoms. The van der Waals surface area contributed by atoms with Crippen molar-refractivity contribution in [2.24, 2.45) is 5.92 Å². The van der Waals surface area contributed by atoms with Crippen LogP contribution in [-0.4, -0.2) is 29.1 Å². The second-order valence-electron chi connectivity index (χ2n) is 4.76.